The Morgan fingerprint density at radius 2 is 2.50 bits per heavy atom. The first kappa shape index (κ1) is 11.4. The van der Waals surface area contributed by atoms with Gasteiger partial charge in [-0.15, -0.1) is 11.3 Å². The Hall–Kier alpha value is -1.07. The van der Waals surface area contributed by atoms with Crippen LogP contribution in [0.2, 0.25) is 0 Å². The zero-order valence-corrected chi connectivity index (χ0v) is 10.3. The summed E-state index contributed by atoms with van der Waals surface area (Å²) in [7, 11) is 1.61. The van der Waals surface area contributed by atoms with Crippen LogP contribution in [0.4, 0.5) is 0 Å². The largest absolute Gasteiger partial charge is 0.496 e. The molecule has 1 aromatic heterocycles. The first-order valence-corrected chi connectivity index (χ1v) is 6.24. The lowest BCUT2D eigenvalue weighted by molar-refractivity contribution is 0.0660. The first-order valence-electron chi connectivity index (χ1n) is 5.36. The average molecular weight is 240 g/mol. The second kappa shape index (κ2) is 4.84. The number of nitrogens with one attached hydrogen (secondary N) is 1. The molecule has 4 nitrogen and oxygen atoms in total. The van der Waals surface area contributed by atoms with Crippen molar-refractivity contribution in [2.75, 3.05) is 26.7 Å². The van der Waals surface area contributed by atoms with Crippen LogP contribution in [0.25, 0.3) is 0 Å². The molecule has 0 aliphatic carbocycles. The molecular weight excluding hydrogens is 224 g/mol. The fourth-order valence-electron chi connectivity index (χ4n) is 1.82. The van der Waals surface area contributed by atoms with Gasteiger partial charge in [0, 0.05) is 37.1 Å². The van der Waals surface area contributed by atoms with Crippen molar-refractivity contribution >= 4 is 17.2 Å². The molecule has 0 spiro atoms. The van der Waals surface area contributed by atoms with Crippen LogP contribution in [0.5, 0.6) is 5.75 Å². The van der Waals surface area contributed by atoms with E-state index in [-0.39, 0.29) is 11.9 Å². The van der Waals surface area contributed by atoms with Crippen LogP contribution in [0.3, 0.4) is 0 Å². The molecule has 1 N–H and O–H groups in total. The van der Waals surface area contributed by atoms with E-state index >= 15 is 0 Å². The van der Waals surface area contributed by atoms with Crippen LogP contribution in [0.15, 0.2) is 11.4 Å². The number of hydrogen-bond donors (Lipinski definition) is 1. The molecule has 1 saturated heterocycles. The molecule has 1 atom stereocenters. The van der Waals surface area contributed by atoms with Crippen molar-refractivity contribution in [3.05, 3.63) is 16.3 Å². The number of nitrogens with zero attached hydrogens (tertiary/aromatic N) is 1. The number of thiophene rings is 1. The van der Waals surface area contributed by atoms with E-state index in [4.69, 9.17) is 4.74 Å². The molecule has 1 amide bonds. The molecule has 2 heterocycles. The second-order valence-corrected chi connectivity index (χ2v) is 4.81. The van der Waals surface area contributed by atoms with Crippen molar-refractivity contribution in [3.8, 4) is 5.75 Å². The van der Waals surface area contributed by atoms with Gasteiger partial charge in [0.25, 0.3) is 5.91 Å². The zero-order chi connectivity index (χ0) is 11.5. The number of methoxy groups -OCH3 is 1. The van der Waals surface area contributed by atoms with Crippen LogP contribution in [-0.4, -0.2) is 43.6 Å². The topological polar surface area (TPSA) is 41.6 Å². The Morgan fingerprint density at radius 1 is 1.69 bits per heavy atom. The van der Waals surface area contributed by atoms with Crippen LogP contribution in [0.1, 0.15) is 16.6 Å². The third-order valence-corrected chi connectivity index (χ3v) is 3.68. The van der Waals surface area contributed by atoms with E-state index in [0.717, 1.165) is 30.3 Å². The van der Waals surface area contributed by atoms with Crippen molar-refractivity contribution in [2.24, 2.45) is 0 Å². The zero-order valence-electron chi connectivity index (χ0n) is 9.53. The predicted molar refractivity (Wildman–Crippen MR) is 64.2 cm³/mol. The van der Waals surface area contributed by atoms with Crippen LogP contribution in [-0.2, 0) is 0 Å². The van der Waals surface area contributed by atoms with E-state index in [1.165, 1.54) is 11.3 Å². The molecule has 1 aliphatic heterocycles. The van der Waals surface area contributed by atoms with Crippen molar-refractivity contribution in [1.82, 2.24) is 10.2 Å². The minimum atomic E-state index is 0.113. The van der Waals surface area contributed by atoms with Crippen molar-refractivity contribution in [3.63, 3.8) is 0 Å². The van der Waals surface area contributed by atoms with Gasteiger partial charge in [-0.25, -0.2) is 0 Å². The highest BCUT2D eigenvalue weighted by molar-refractivity contribution is 7.12. The monoisotopic (exact) mass is 240 g/mol. The van der Waals surface area contributed by atoms with Gasteiger partial charge >= 0.3 is 0 Å². The summed E-state index contributed by atoms with van der Waals surface area (Å²) < 4.78 is 5.09. The van der Waals surface area contributed by atoms with E-state index in [1.54, 1.807) is 7.11 Å². The molecule has 2 rings (SSSR count). The van der Waals surface area contributed by atoms with E-state index < -0.39 is 0 Å². The summed E-state index contributed by atoms with van der Waals surface area (Å²) >= 11 is 1.44. The maximum atomic E-state index is 12.2. The van der Waals surface area contributed by atoms with E-state index in [0.29, 0.717) is 0 Å². The normalized spacial score (nSPS) is 20.9. The Kier molecular flexibility index (Phi) is 3.46. The first-order chi connectivity index (χ1) is 7.72. The van der Waals surface area contributed by atoms with Crippen LogP contribution < -0.4 is 10.1 Å². The van der Waals surface area contributed by atoms with Gasteiger partial charge in [0.15, 0.2) is 0 Å². The number of hydrogen-bond acceptors (Lipinski definition) is 4. The summed E-state index contributed by atoms with van der Waals surface area (Å²) in [6.45, 7) is 4.59. The Bertz CT molecular complexity index is 378. The third-order valence-electron chi connectivity index (χ3n) is 2.78. The lowest BCUT2D eigenvalue weighted by Crippen LogP contribution is -2.52. The van der Waals surface area contributed by atoms with E-state index in [9.17, 15) is 4.79 Å². The van der Waals surface area contributed by atoms with Crippen molar-refractivity contribution < 1.29 is 9.53 Å². The summed E-state index contributed by atoms with van der Waals surface area (Å²) in [6, 6.07) is 2.07. The quantitative estimate of drug-likeness (QED) is 0.844. The van der Waals surface area contributed by atoms with Gasteiger partial charge in [-0.2, -0.15) is 0 Å². The van der Waals surface area contributed by atoms with Gasteiger partial charge in [0.1, 0.15) is 5.75 Å². The SMILES string of the molecule is COc1csc(C(=O)N2CCNC[C@H]2C)c1. The predicted octanol–water partition coefficient (Wildman–Crippen LogP) is 1.19. The Balaban J connectivity index is 2.11. The van der Waals surface area contributed by atoms with Gasteiger partial charge in [0.05, 0.1) is 12.0 Å². The van der Waals surface area contributed by atoms with Gasteiger partial charge < -0.3 is 15.0 Å². The number of carbonyl (C=O) groups is 1. The molecule has 1 aromatic rings. The molecule has 0 saturated carbocycles. The van der Waals surface area contributed by atoms with Gasteiger partial charge in [-0.1, -0.05) is 0 Å². The summed E-state index contributed by atoms with van der Waals surface area (Å²) in [6.07, 6.45) is 0. The molecule has 5 heteroatoms. The second-order valence-electron chi connectivity index (χ2n) is 3.90. The summed E-state index contributed by atoms with van der Waals surface area (Å²) in [5.74, 6) is 0.874. The summed E-state index contributed by atoms with van der Waals surface area (Å²) in [5.41, 5.74) is 0. The molecule has 0 aromatic carbocycles. The molecular formula is C11H16N2O2S. The van der Waals surface area contributed by atoms with Gasteiger partial charge in [-0.3, -0.25) is 4.79 Å². The standard InChI is InChI=1S/C11H16N2O2S/c1-8-6-12-3-4-13(8)11(14)10-5-9(15-2)7-16-10/h5,7-8,12H,3-4,6H2,1-2H3/t8-/m1/s1. The molecule has 1 aliphatic rings. The van der Waals surface area contributed by atoms with Gasteiger partial charge in [-0.05, 0) is 6.92 Å². The Labute approximate surface area is 99.2 Å². The average Bonchev–Trinajstić information content (AvgIpc) is 2.77. The highest BCUT2D eigenvalue weighted by atomic mass is 32.1. The van der Waals surface area contributed by atoms with Gasteiger partial charge in [0.2, 0.25) is 0 Å². The maximum absolute atomic E-state index is 12.2. The van der Waals surface area contributed by atoms with E-state index in [1.807, 2.05) is 16.3 Å². The number of piperazine rings is 1. The van der Waals surface area contributed by atoms with Crippen molar-refractivity contribution in [2.45, 2.75) is 13.0 Å². The molecule has 1 fully saturated rings. The maximum Gasteiger partial charge on any atom is 0.264 e. The third kappa shape index (κ3) is 2.20. The lowest BCUT2D eigenvalue weighted by Gasteiger charge is -2.33. The van der Waals surface area contributed by atoms with Crippen LogP contribution >= 0.6 is 11.3 Å². The highest BCUT2D eigenvalue weighted by Crippen LogP contribution is 2.23. The molecule has 0 unspecified atom stereocenters. The van der Waals surface area contributed by atoms with Crippen molar-refractivity contribution in [1.29, 1.82) is 0 Å². The number of amides is 1. The minimum absolute atomic E-state index is 0.113. The minimum Gasteiger partial charge on any atom is -0.496 e. The molecule has 0 bridgehead atoms. The van der Waals surface area contributed by atoms with Crippen LogP contribution in [0, 0.1) is 0 Å². The smallest absolute Gasteiger partial charge is 0.264 e. The fourth-order valence-corrected chi connectivity index (χ4v) is 2.63. The highest BCUT2D eigenvalue weighted by Gasteiger charge is 2.25. The molecule has 88 valence electrons. The summed E-state index contributed by atoms with van der Waals surface area (Å²) in [5, 5.41) is 5.13. The summed E-state index contributed by atoms with van der Waals surface area (Å²) in [4.78, 5) is 14.9. The lowest BCUT2D eigenvalue weighted by atomic mass is 10.2. The van der Waals surface area contributed by atoms with E-state index in [2.05, 4.69) is 12.2 Å². The number of rotatable bonds is 2. The Morgan fingerprint density at radius 3 is 3.12 bits per heavy atom. The fraction of sp³-hybridized carbons (Fsp3) is 0.545. The molecule has 16 heavy (non-hydrogen) atoms. The number of carbonyl (C=O) groups excluding carboxylic acids is 1. The number of ether oxygens (including phenoxy) is 1. The molecule has 0 radical (unpaired) electrons.